The van der Waals surface area contributed by atoms with E-state index < -0.39 is 12.0 Å². The number of carboxylic acids is 1. The lowest BCUT2D eigenvalue weighted by molar-refractivity contribution is -0.140. The first kappa shape index (κ1) is 19.8. The van der Waals surface area contributed by atoms with Crippen molar-refractivity contribution in [3.05, 3.63) is 53.0 Å². The Morgan fingerprint density at radius 2 is 2.00 bits per heavy atom. The van der Waals surface area contributed by atoms with Crippen molar-refractivity contribution in [2.24, 2.45) is 5.92 Å². The van der Waals surface area contributed by atoms with E-state index in [4.69, 9.17) is 0 Å². The van der Waals surface area contributed by atoms with Crippen LogP contribution in [0.2, 0.25) is 0 Å². The minimum Gasteiger partial charge on any atom is -0.480 e. The topological polar surface area (TPSA) is 104 Å². The second-order valence-corrected chi connectivity index (χ2v) is 7.57. The maximum Gasteiger partial charge on any atom is 0.326 e. The number of fused-ring (bicyclic) bond motifs is 1. The zero-order chi connectivity index (χ0) is 20.3. The zero-order valence-electron chi connectivity index (χ0n) is 16.4. The van der Waals surface area contributed by atoms with E-state index in [0.717, 1.165) is 42.2 Å². The van der Waals surface area contributed by atoms with Crippen LogP contribution in [0, 0.1) is 12.8 Å². The highest BCUT2D eigenvalue weighted by molar-refractivity contribution is 5.96. The standard InChI is InChI=1S/C21H26N4O3/c1-12(2)18(21(27)28)25-20(26)15-7-4-14(5-8-15)6-9-16-10-23-19-17(16)11-22-13(3)24-19/h4-5,7-8,11-12,16,18H,6,9-10H2,1-3H3,(H,25,26)(H,27,28)(H,22,23,24)/t16?,18-/m0/s1. The third kappa shape index (κ3) is 4.47. The number of carboxylic acid groups (broad SMARTS) is 1. The van der Waals surface area contributed by atoms with Gasteiger partial charge in [-0.05, 0) is 43.4 Å². The number of carbonyl (C=O) groups is 2. The Bertz CT molecular complexity index is 864. The molecular formula is C21H26N4O3. The van der Waals surface area contributed by atoms with E-state index in [9.17, 15) is 14.7 Å². The summed E-state index contributed by atoms with van der Waals surface area (Å²) in [6.45, 7) is 6.28. The summed E-state index contributed by atoms with van der Waals surface area (Å²) in [5.74, 6) is 0.502. The molecule has 7 heteroatoms. The van der Waals surface area contributed by atoms with E-state index in [-0.39, 0.29) is 11.8 Å². The molecule has 28 heavy (non-hydrogen) atoms. The van der Waals surface area contributed by atoms with Crippen molar-refractivity contribution in [2.75, 3.05) is 11.9 Å². The molecule has 3 N–H and O–H groups in total. The van der Waals surface area contributed by atoms with Crippen molar-refractivity contribution in [3.63, 3.8) is 0 Å². The number of benzene rings is 1. The van der Waals surface area contributed by atoms with Crippen molar-refractivity contribution >= 4 is 17.7 Å². The van der Waals surface area contributed by atoms with Crippen LogP contribution in [0.25, 0.3) is 0 Å². The van der Waals surface area contributed by atoms with Crippen molar-refractivity contribution in [1.29, 1.82) is 0 Å². The Hall–Kier alpha value is -2.96. The quantitative estimate of drug-likeness (QED) is 0.680. The number of anilines is 1. The Kier molecular flexibility index (Phi) is 5.92. The summed E-state index contributed by atoms with van der Waals surface area (Å²) < 4.78 is 0. The zero-order valence-corrected chi connectivity index (χ0v) is 16.4. The number of nitrogens with one attached hydrogen (secondary N) is 2. The average Bonchev–Trinajstić information content (AvgIpc) is 3.06. The minimum atomic E-state index is -1.02. The van der Waals surface area contributed by atoms with E-state index in [2.05, 4.69) is 20.6 Å². The van der Waals surface area contributed by atoms with E-state index in [1.54, 1.807) is 26.0 Å². The van der Waals surface area contributed by atoms with Crippen LogP contribution in [0.4, 0.5) is 5.82 Å². The van der Waals surface area contributed by atoms with E-state index in [1.165, 1.54) is 0 Å². The fourth-order valence-electron chi connectivity index (χ4n) is 3.41. The van der Waals surface area contributed by atoms with Gasteiger partial charge in [0.2, 0.25) is 0 Å². The number of aromatic nitrogens is 2. The molecule has 1 unspecified atom stereocenters. The van der Waals surface area contributed by atoms with Crippen LogP contribution in [0.5, 0.6) is 0 Å². The molecule has 7 nitrogen and oxygen atoms in total. The molecule has 0 fully saturated rings. The second kappa shape index (κ2) is 8.37. The Morgan fingerprint density at radius 3 is 2.64 bits per heavy atom. The Balaban J connectivity index is 1.58. The van der Waals surface area contributed by atoms with Crippen molar-refractivity contribution < 1.29 is 14.7 Å². The van der Waals surface area contributed by atoms with Gasteiger partial charge in [-0.3, -0.25) is 4.79 Å². The first-order valence-corrected chi connectivity index (χ1v) is 9.55. The number of rotatable bonds is 7. The maximum atomic E-state index is 12.3. The van der Waals surface area contributed by atoms with Gasteiger partial charge in [0.25, 0.3) is 5.91 Å². The molecule has 0 bridgehead atoms. The van der Waals surface area contributed by atoms with Crippen LogP contribution in [0.1, 0.15) is 53.5 Å². The monoisotopic (exact) mass is 382 g/mol. The fraction of sp³-hybridized carbons (Fsp3) is 0.429. The lowest BCUT2D eigenvalue weighted by Gasteiger charge is -2.18. The molecule has 1 aliphatic heterocycles. The number of aryl methyl sites for hydroxylation is 2. The molecule has 2 aromatic rings. The van der Waals surface area contributed by atoms with Gasteiger partial charge in [-0.2, -0.15) is 0 Å². The third-order valence-corrected chi connectivity index (χ3v) is 5.11. The summed E-state index contributed by atoms with van der Waals surface area (Å²) in [4.78, 5) is 32.3. The summed E-state index contributed by atoms with van der Waals surface area (Å²) in [7, 11) is 0. The number of aliphatic carboxylic acids is 1. The largest absolute Gasteiger partial charge is 0.480 e. The summed E-state index contributed by atoms with van der Waals surface area (Å²) in [5.41, 5.74) is 2.76. The Labute approximate surface area is 164 Å². The minimum absolute atomic E-state index is 0.184. The van der Waals surface area contributed by atoms with Crippen LogP contribution in [-0.2, 0) is 11.2 Å². The molecule has 1 amide bonds. The smallest absolute Gasteiger partial charge is 0.326 e. The van der Waals surface area contributed by atoms with Crippen LogP contribution in [0.15, 0.2) is 30.5 Å². The summed E-state index contributed by atoms with van der Waals surface area (Å²) in [5, 5.41) is 15.1. The number of hydrogen-bond donors (Lipinski definition) is 3. The van der Waals surface area contributed by atoms with E-state index >= 15 is 0 Å². The van der Waals surface area contributed by atoms with E-state index in [0.29, 0.717) is 11.5 Å². The Morgan fingerprint density at radius 1 is 1.29 bits per heavy atom. The van der Waals surface area contributed by atoms with Gasteiger partial charge in [-0.25, -0.2) is 14.8 Å². The maximum absolute atomic E-state index is 12.3. The summed E-state index contributed by atoms with van der Waals surface area (Å²) in [6.07, 6.45) is 3.75. The van der Waals surface area contributed by atoms with Crippen LogP contribution in [-0.4, -0.2) is 39.5 Å². The lowest BCUT2D eigenvalue weighted by atomic mass is 9.95. The number of nitrogens with zero attached hydrogens (tertiary/aromatic N) is 2. The molecule has 2 heterocycles. The van der Waals surface area contributed by atoms with Gasteiger partial charge in [0.1, 0.15) is 17.7 Å². The summed E-state index contributed by atoms with van der Waals surface area (Å²) in [6, 6.07) is 6.45. The highest BCUT2D eigenvalue weighted by Gasteiger charge is 2.25. The predicted molar refractivity (Wildman–Crippen MR) is 106 cm³/mol. The molecule has 0 saturated carbocycles. The van der Waals surface area contributed by atoms with Crippen LogP contribution < -0.4 is 10.6 Å². The SMILES string of the molecule is Cc1ncc2c(n1)NCC2CCc1ccc(C(=O)N[C@H](C(=O)O)C(C)C)cc1. The molecule has 1 aromatic carbocycles. The van der Waals surface area contributed by atoms with Gasteiger partial charge in [-0.1, -0.05) is 26.0 Å². The van der Waals surface area contributed by atoms with Crippen LogP contribution in [0.3, 0.4) is 0 Å². The molecule has 148 valence electrons. The molecule has 1 aromatic heterocycles. The van der Waals surface area contributed by atoms with Crippen molar-refractivity contribution in [1.82, 2.24) is 15.3 Å². The first-order chi connectivity index (χ1) is 13.3. The van der Waals surface area contributed by atoms with E-state index in [1.807, 2.05) is 25.3 Å². The van der Waals surface area contributed by atoms with Gasteiger partial charge in [-0.15, -0.1) is 0 Å². The molecule has 3 rings (SSSR count). The van der Waals surface area contributed by atoms with Gasteiger partial charge >= 0.3 is 5.97 Å². The van der Waals surface area contributed by atoms with Crippen molar-refractivity contribution in [3.8, 4) is 0 Å². The van der Waals surface area contributed by atoms with Gasteiger partial charge in [0, 0.05) is 29.8 Å². The molecule has 1 aliphatic rings. The summed E-state index contributed by atoms with van der Waals surface area (Å²) >= 11 is 0. The highest BCUT2D eigenvalue weighted by Crippen LogP contribution is 2.32. The predicted octanol–water partition coefficient (Wildman–Crippen LogP) is 2.77. The number of hydrogen-bond acceptors (Lipinski definition) is 5. The average molecular weight is 382 g/mol. The molecule has 0 saturated heterocycles. The number of amides is 1. The van der Waals surface area contributed by atoms with Gasteiger partial charge in [0.05, 0.1) is 0 Å². The van der Waals surface area contributed by atoms with Gasteiger partial charge in [0.15, 0.2) is 0 Å². The third-order valence-electron chi connectivity index (χ3n) is 5.11. The fourth-order valence-corrected chi connectivity index (χ4v) is 3.41. The first-order valence-electron chi connectivity index (χ1n) is 9.55. The number of carbonyl (C=O) groups excluding carboxylic acids is 1. The molecular weight excluding hydrogens is 356 g/mol. The second-order valence-electron chi connectivity index (χ2n) is 7.57. The molecule has 0 aliphatic carbocycles. The molecule has 0 spiro atoms. The highest BCUT2D eigenvalue weighted by atomic mass is 16.4. The van der Waals surface area contributed by atoms with Gasteiger partial charge < -0.3 is 15.7 Å². The van der Waals surface area contributed by atoms with Crippen molar-refractivity contribution in [2.45, 2.75) is 45.6 Å². The molecule has 0 radical (unpaired) electrons. The normalized spacial score (nSPS) is 16.4. The van der Waals surface area contributed by atoms with Crippen LogP contribution >= 0.6 is 0 Å². The molecule has 2 atom stereocenters. The lowest BCUT2D eigenvalue weighted by Crippen LogP contribution is -2.44.